The smallest absolute Gasteiger partial charge is 0.149 e. The van der Waals surface area contributed by atoms with Gasteiger partial charge in [-0.15, -0.1) is 0 Å². The van der Waals surface area contributed by atoms with Crippen LogP contribution in [0, 0.1) is 0 Å². The van der Waals surface area contributed by atoms with E-state index in [0.717, 1.165) is 0 Å². The van der Waals surface area contributed by atoms with Crippen LogP contribution in [-0.4, -0.2) is 11.4 Å². The van der Waals surface area contributed by atoms with Crippen LogP contribution in [0.25, 0.3) is 0 Å². The topological polar surface area (TPSA) is 37.3 Å². The first-order chi connectivity index (χ1) is 4.22. The van der Waals surface area contributed by atoms with Crippen molar-refractivity contribution < 1.29 is 9.90 Å². The Morgan fingerprint density at radius 2 is 2.11 bits per heavy atom. The number of carbonyl (C=O) groups excluding carboxylic acids is 1. The van der Waals surface area contributed by atoms with Crippen LogP contribution in [0.1, 0.15) is 13.8 Å². The van der Waals surface area contributed by atoms with Crippen LogP contribution in [0.4, 0.5) is 0 Å². The quantitative estimate of drug-likeness (QED) is 0.264. The van der Waals surface area contributed by atoms with Crippen LogP contribution in [0.5, 0.6) is 0 Å². The van der Waals surface area contributed by atoms with Gasteiger partial charge in [-0.3, -0.25) is 4.79 Å². The van der Waals surface area contributed by atoms with Crippen LogP contribution in [-0.2, 0) is 4.79 Å². The summed E-state index contributed by atoms with van der Waals surface area (Å²) in [6.07, 6.45) is 3.77. The van der Waals surface area contributed by atoms with Gasteiger partial charge in [-0.2, -0.15) is 0 Å². The van der Waals surface area contributed by atoms with Crippen molar-refractivity contribution in [1.82, 2.24) is 0 Å². The minimum atomic E-state index is 0.0347. The number of hydrogen-bond donors (Lipinski definition) is 1. The predicted octanol–water partition coefficient (Wildman–Crippen LogP) is 1.59. The summed E-state index contributed by atoms with van der Waals surface area (Å²) in [7, 11) is 0. The molecule has 2 nitrogen and oxygen atoms in total. The van der Waals surface area contributed by atoms with Crippen LogP contribution < -0.4 is 0 Å². The Labute approximate surface area is 54.5 Å². The molecule has 0 aromatic carbocycles. The van der Waals surface area contributed by atoms with Crippen molar-refractivity contribution in [3.63, 3.8) is 0 Å². The molecular formula is C7H10O2. The summed E-state index contributed by atoms with van der Waals surface area (Å²) >= 11 is 0. The van der Waals surface area contributed by atoms with Gasteiger partial charge in [0.25, 0.3) is 0 Å². The minimum Gasteiger partial charge on any atom is -0.508 e. The molecule has 0 bridgehead atoms. The number of allylic oxidation sites excluding steroid dienone is 3. The van der Waals surface area contributed by atoms with Crippen LogP contribution in [0.3, 0.4) is 0 Å². The number of aliphatic hydroxyl groups excluding tert-OH is 1. The lowest BCUT2D eigenvalue weighted by atomic mass is 10.3. The molecule has 0 heterocycles. The summed E-state index contributed by atoms with van der Waals surface area (Å²) < 4.78 is 0. The van der Waals surface area contributed by atoms with E-state index in [0.29, 0.717) is 11.9 Å². The van der Waals surface area contributed by atoms with E-state index in [9.17, 15) is 4.79 Å². The van der Waals surface area contributed by atoms with Crippen molar-refractivity contribution in [3.8, 4) is 0 Å². The zero-order chi connectivity index (χ0) is 7.28. The lowest BCUT2D eigenvalue weighted by Crippen LogP contribution is -1.83. The van der Waals surface area contributed by atoms with Gasteiger partial charge < -0.3 is 5.11 Å². The third kappa shape index (κ3) is 2.69. The molecule has 0 aliphatic carbocycles. The zero-order valence-electron chi connectivity index (χ0n) is 5.59. The van der Waals surface area contributed by atoms with Gasteiger partial charge in [-0.1, -0.05) is 6.08 Å². The molecule has 0 saturated carbocycles. The Kier molecular flexibility index (Phi) is 3.44. The second-order valence-corrected chi connectivity index (χ2v) is 1.69. The van der Waals surface area contributed by atoms with Gasteiger partial charge in [-0.25, -0.2) is 0 Å². The molecule has 50 valence electrons. The second kappa shape index (κ2) is 3.89. The molecule has 0 amide bonds. The first kappa shape index (κ1) is 7.95. The SMILES string of the molecule is C/C=C\C(O)=C(\C)C=O. The number of aldehydes is 1. The highest BCUT2D eigenvalue weighted by atomic mass is 16.3. The largest absolute Gasteiger partial charge is 0.508 e. The molecular weight excluding hydrogens is 116 g/mol. The molecule has 0 aromatic heterocycles. The molecule has 0 fully saturated rings. The molecule has 0 atom stereocenters. The molecule has 0 aliphatic rings. The van der Waals surface area contributed by atoms with Crippen molar-refractivity contribution >= 4 is 6.29 Å². The van der Waals surface area contributed by atoms with E-state index >= 15 is 0 Å². The summed E-state index contributed by atoms with van der Waals surface area (Å²) in [4.78, 5) is 9.97. The fourth-order valence-electron chi connectivity index (χ4n) is 0.350. The fourth-order valence-corrected chi connectivity index (χ4v) is 0.350. The van der Waals surface area contributed by atoms with Crippen molar-refractivity contribution in [2.45, 2.75) is 13.8 Å². The van der Waals surface area contributed by atoms with Crippen LogP contribution in [0.15, 0.2) is 23.5 Å². The standard InChI is InChI=1S/C7H10O2/c1-3-4-7(9)6(2)5-8/h3-5,9H,1-2H3/b4-3-,7-6+. The maximum absolute atomic E-state index is 9.97. The molecule has 0 spiro atoms. The first-order valence-electron chi connectivity index (χ1n) is 2.70. The fraction of sp³-hybridized carbons (Fsp3) is 0.286. The van der Waals surface area contributed by atoms with E-state index in [-0.39, 0.29) is 5.76 Å². The van der Waals surface area contributed by atoms with Crippen molar-refractivity contribution in [2.75, 3.05) is 0 Å². The molecule has 0 aliphatic heterocycles. The van der Waals surface area contributed by atoms with Gasteiger partial charge in [0.1, 0.15) is 12.0 Å². The molecule has 0 radical (unpaired) electrons. The van der Waals surface area contributed by atoms with Crippen molar-refractivity contribution in [1.29, 1.82) is 0 Å². The highest BCUT2D eigenvalue weighted by Crippen LogP contribution is 1.97. The van der Waals surface area contributed by atoms with Gasteiger partial charge in [0, 0.05) is 5.57 Å². The number of rotatable bonds is 2. The highest BCUT2D eigenvalue weighted by Gasteiger charge is 1.90. The monoisotopic (exact) mass is 126 g/mol. The van der Waals surface area contributed by atoms with Crippen LogP contribution >= 0.6 is 0 Å². The maximum Gasteiger partial charge on any atom is 0.149 e. The average Bonchev–Trinajstić information content (AvgIpc) is 1.87. The van der Waals surface area contributed by atoms with E-state index in [1.54, 1.807) is 19.9 Å². The van der Waals surface area contributed by atoms with Crippen molar-refractivity contribution in [3.05, 3.63) is 23.5 Å². The molecule has 1 N–H and O–H groups in total. The predicted molar refractivity (Wildman–Crippen MR) is 36.2 cm³/mol. The number of hydrogen-bond acceptors (Lipinski definition) is 2. The minimum absolute atomic E-state index is 0.0347. The van der Waals surface area contributed by atoms with E-state index in [2.05, 4.69) is 0 Å². The summed E-state index contributed by atoms with van der Waals surface area (Å²) in [6.45, 7) is 3.33. The average molecular weight is 126 g/mol. The normalized spacial score (nSPS) is 13.6. The van der Waals surface area contributed by atoms with Gasteiger partial charge in [0.05, 0.1) is 0 Å². The van der Waals surface area contributed by atoms with Gasteiger partial charge in [-0.05, 0) is 19.9 Å². The molecule has 0 rings (SSSR count). The number of aliphatic hydroxyl groups is 1. The van der Waals surface area contributed by atoms with Crippen molar-refractivity contribution in [2.24, 2.45) is 0 Å². The maximum atomic E-state index is 9.97. The summed E-state index contributed by atoms with van der Waals surface area (Å²) in [5.41, 5.74) is 0.355. The second-order valence-electron chi connectivity index (χ2n) is 1.69. The summed E-state index contributed by atoms with van der Waals surface area (Å²) in [5, 5.41) is 8.88. The van der Waals surface area contributed by atoms with E-state index in [4.69, 9.17) is 5.11 Å². The molecule has 9 heavy (non-hydrogen) atoms. The van der Waals surface area contributed by atoms with E-state index in [1.165, 1.54) is 6.08 Å². The molecule has 0 saturated heterocycles. The Morgan fingerprint density at radius 3 is 2.44 bits per heavy atom. The van der Waals surface area contributed by atoms with E-state index < -0.39 is 0 Å². The van der Waals surface area contributed by atoms with Crippen LogP contribution in [0.2, 0.25) is 0 Å². The Hall–Kier alpha value is -1.05. The zero-order valence-corrected chi connectivity index (χ0v) is 5.59. The lowest BCUT2D eigenvalue weighted by Gasteiger charge is -1.89. The summed E-state index contributed by atoms with van der Waals surface area (Å²) in [5.74, 6) is 0.0347. The van der Waals surface area contributed by atoms with E-state index in [1.807, 2.05) is 0 Å². The lowest BCUT2D eigenvalue weighted by molar-refractivity contribution is -0.105. The number of carbonyl (C=O) groups is 1. The third-order valence-corrected chi connectivity index (χ3v) is 0.905. The summed E-state index contributed by atoms with van der Waals surface area (Å²) in [6, 6.07) is 0. The molecule has 0 aromatic rings. The Bertz CT molecular complexity index is 154. The van der Waals surface area contributed by atoms with Gasteiger partial charge >= 0.3 is 0 Å². The first-order valence-corrected chi connectivity index (χ1v) is 2.70. The van der Waals surface area contributed by atoms with Gasteiger partial charge in [0.2, 0.25) is 0 Å². The molecule has 0 unspecified atom stereocenters. The Balaban J connectivity index is 4.27. The Morgan fingerprint density at radius 1 is 1.56 bits per heavy atom. The highest BCUT2D eigenvalue weighted by molar-refractivity contribution is 5.73. The molecule has 2 heteroatoms. The van der Waals surface area contributed by atoms with Gasteiger partial charge in [0.15, 0.2) is 0 Å². The third-order valence-electron chi connectivity index (χ3n) is 0.905.